The van der Waals surface area contributed by atoms with Crippen LogP contribution in [0, 0.1) is 17.0 Å². The minimum Gasteiger partial charge on any atom is -0.508 e. The van der Waals surface area contributed by atoms with Gasteiger partial charge in [0.2, 0.25) is 0 Å². The number of hydrogen-bond acceptors (Lipinski definition) is 8. The number of aromatic nitrogens is 3. The Morgan fingerprint density at radius 3 is 2.60 bits per heavy atom. The molecule has 12 heteroatoms. The average molecular weight is 650 g/mol. The summed E-state index contributed by atoms with van der Waals surface area (Å²) in [6.07, 6.45) is 5.49. The standard InChI is InChI=1S/C35H35F4N5O3/c1-2-22-25(36)5-4-20-12-21(45)13-23(26(20)22)28-27(37)29-24(14-40-28)30(43-10-7-34(18-43)8-11-47-34)42-31(41-29)46-19-33-6-3-9-44(33)17-32(15-33)16-35(32,38)39/h4-5,12-14,45H,2-3,6-11,15-19H2,1H3/t32-,33-,34?/m0/s1. The molecule has 4 saturated heterocycles. The van der Waals surface area contributed by atoms with Crippen molar-refractivity contribution in [1.29, 1.82) is 0 Å². The predicted molar refractivity (Wildman–Crippen MR) is 167 cm³/mol. The molecule has 2 spiro atoms. The van der Waals surface area contributed by atoms with Crippen LogP contribution in [0.2, 0.25) is 0 Å². The van der Waals surface area contributed by atoms with Crippen molar-refractivity contribution >= 4 is 27.5 Å². The maximum atomic E-state index is 16.9. The number of rotatable bonds is 6. The molecule has 2 aromatic heterocycles. The zero-order valence-electron chi connectivity index (χ0n) is 26.1. The number of fused-ring (bicyclic) bond motifs is 3. The van der Waals surface area contributed by atoms with E-state index in [1.54, 1.807) is 6.07 Å². The number of alkyl halides is 2. The molecule has 2 aromatic carbocycles. The maximum Gasteiger partial charge on any atom is 0.319 e. The highest BCUT2D eigenvalue weighted by Gasteiger charge is 2.77. The van der Waals surface area contributed by atoms with Crippen molar-refractivity contribution in [1.82, 2.24) is 19.9 Å². The third-order valence-electron chi connectivity index (χ3n) is 11.6. The molecule has 1 unspecified atom stereocenters. The monoisotopic (exact) mass is 649 g/mol. The lowest BCUT2D eigenvalue weighted by molar-refractivity contribution is -0.130. The summed E-state index contributed by atoms with van der Waals surface area (Å²) < 4.78 is 72.9. The lowest BCUT2D eigenvalue weighted by Gasteiger charge is -2.38. The lowest BCUT2D eigenvalue weighted by atomic mass is 9.89. The van der Waals surface area contributed by atoms with Crippen LogP contribution >= 0.6 is 0 Å². The lowest BCUT2D eigenvalue weighted by Crippen LogP contribution is -2.46. The number of nitrogens with zero attached hydrogens (tertiary/aromatic N) is 5. The fourth-order valence-corrected chi connectivity index (χ4v) is 8.94. The van der Waals surface area contributed by atoms with E-state index < -0.39 is 28.5 Å². The molecule has 3 atom stereocenters. The van der Waals surface area contributed by atoms with Gasteiger partial charge in [-0.15, -0.1) is 0 Å². The molecule has 4 aromatic rings. The summed E-state index contributed by atoms with van der Waals surface area (Å²) in [6.45, 7) is 4.95. The normalized spacial score (nSPS) is 29.3. The van der Waals surface area contributed by atoms with Crippen LogP contribution < -0.4 is 9.64 Å². The van der Waals surface area contributed by atoms with Crippen LogP contribution in [0.25, 0.3) is 32.9 Å². The van der Waals surface area contributed by atoms with E-state index in [9.17, 15) is 18.3 Å². The second-order valence-corrected chi connectivity index (χ2v) is 14.3. The number of pyridine rings is 1. The van der Waals surface area contributed by atoms with Crippen molar-refractivity contribution in [2.75, 3.05) is 44.3 Å². The van der Waals surface area contributed by atoms with E-state index in [2.05, 4.69) is 14.9 Å². The first-order valence-electron chi connectivity index (χ1n) is 16.5. The van der Waals surface area contributed by atoms with Crippen LogP contribution in [0.3, 0.4) is 0 Å². The molecule has 0 amide bonds. The fourth-order valence-electron chi connectivity index (χ4n) is 8.94. The molecule has 5 fully saturated rings. The summed E-state index contributed by atoms with van der Waals surface area (Å²) in [4.78, 5) is 18.1. The van der Waals surface area contributed by atoms with E-state index >= 15 is 4.39 Å². The first-order valence-corrected chi connectivity index (χ1v) is 16.5. The second-order valence-electron chi connectivity index (χ2n) is 14.3. The Kier molecular flexibility index (Phi) is 6.18. The molecule has 0 radical (unpaired) electrons. The van der Waals surface area contributed by atoms with Gasteiger partial charge in [0.15, 0.2) is 5.82 Å². The molecule has 1 aliphatic carbocycles. The minimum atomic E-state index is -2.66. The third kappa shape index (κ3) is 4.29. The molecule has 6 heterocycles. The van der Waals surface area contributed by atoms with Gasteiger partial charge in [-0.3, -0.25) is 9.88 Å². The van der Waals surface area contributed by atoms with Crippen LogP contribution in [0.4, 0.5) is 23.4 Å². The van der Waals surface area contributed by atoms with Gasteiger partial charge in [-0.2, -0.15) is 9.97 Å². The summed E-state index contributed by atoms with van der Waals surface area (Å²) in [5.74, 6) is -3.47. The van der Waals surface area contributed by atoms with Crippen molar-refractivity contribution in [2.24, 2.45) is 5.41 Å². The zero-order valence-corrected chi connectivity index (χ0v) is 26.1. The van der Waals surface area contributed by atoms with Gasteiger partial charge in [0, 0.05) is 44.2 Å². The van der Waals surface area contributed by atoms with E-state index in [1.807, 2.05) is 11.8 Å². The Morgan fingerprint density at radius 2 is 1.87 bits per heavy atom. The van der Waals surface area contributed by atoms with Crippen LogP contribution in [0.5, 0.6) is 11.8 Å². The minimum absolute atomic E-state index is 0.0196. The van der Waals surface area contributed by atoms with E-state index in [0.717, 1.165) is 32.2 Å². The fraction of sp³-hybridized carbons (Fsp3) is 0.514. The molecule has 1 saturated carbocycles. The van der Waals surface area contributed by atoms with E-state index in [-0.39, 0.29) is 47.2 Å². The Labute approximate surface area is 268 Å². The smallest absolute Gasteiger partial charge is 0.319 e. The molecule has 47 heavy (non-hydrogen) atoms. The highest BCUT2D eigenvalue weighted by Crippen LogP contribution is 2.69. The predicted octanol–water partition coefficient (Wildman–Crippen LogP) is 6.40. The van der Waals surface area contributed by atoms with E-state index in [0.29, 0.717) is 66.6 Å². The molecule has 9 rings (SSSR count). The van der Waals surface area contributed by atoms with Crippen LogP contribution in [-0.2, 0) is 11.2 Å². The first-order chi connectivity index (χ1) is 22.5. The topological polar surface area (TPSA) is 83.8 Å². The summed E-state index contributed by atoms with van der Waals surface area (Å²) in [5, 5.41) is 12.0. The number of halogens is 4. The van der Waals surface area contributed by atoms with Gasteiger partial charge >= 0.3 is 6.01 Å². The molecule has 4 aliphatic heterocycles. The Bertz CT molecular complexity index is 1970. The number of ether oxygens (including phenoxy) is 2. The van der Waals surface area contributed by atoms with Gasteiger partial charge in [-0.05, 0) is 73.2 Å². The van der Waals surface area contributed by atoms with Crippen molar-refractivity contribution in [3.8, 4) is 23.0 Å². The molecule has 1 N–H and O–H groups in total. The highest BCUT2D eigenvalue weighted by atomic mass is 19.3. The van der Waals surface area contributed by atoms with Crippen molar-refractivity contribution < 1.29 is 32.1 Å². The molecule has 0 bridgehead atoms. The summed E-state index contributed by atoms with van der Waals surface area (Å²) >= 11 is 0. The molecule has 5 aliphatic rings. The van der Waals surface area contributed by atoms with Gasteiger partial charge in [0.1, 0.15) is 35.2 Å². The molecule has 246 valence electrons. The average Bonchev–Trinajstić information content (AvgIpc) is 3.45. The highest BCUT2D eigenvalue weighted by molar-refractivity contribution is 6.01. The summed E-state index contributed by atoms with van der Waals surface area (Å²) in [7, 11) is 0. The van der Waals surface area contributed by atoms with E-state index in [4.69, 9.17) is 14.5 Å². The Balaban J connectivity index is 1.16. The summed E-state index contributed by atoms with van der Waals surface area (Å²) in [5.41, 5.74) is -1.25. The first kappa shape index (κ1) is 29.4. The van der Waals surface area contributed by atoms with Gasteiger partial charge < -0.3 is 19.5 Å². The number of phenols is 1. The molecular formula is C35H35F4N5O3. The van der Waals surface area contributed by atoms with Gasteiger partial charge in [-0.1, -0.05) is 13.0 Å². The second kappa shape index (κ2) is 9.88. The quantitative estimate of drug-likeness (QED) is 0.240. The largest absolute Gasteiger partial charge is 0.508 e. The number of phenolic OH excluding ortho intramolecular Hbond substituents is 1. The number of hydrogen-bond donors (Lipinski definition) is 1. The summed E-state index contributed by atoms with van der Waals surface area (Å²) in [6, 6.07) is 5.77. The number of anilines is 1. The number of aromatic hydroxyl groups is 1. The van der Waals surface area contributed by atoms with Gasteiger partial charge in [-0.25, -0.2) is 17.6 Å². The zero-order chi connectivity index (χ0) is 32.3. The van der Waals surface area contributed by atoms with Gasteiger partial charge in [0.25, 0.3) is 5.92 Å². The van der Waals surface area contributed by atoms with Crippen LogP contribution in [0.15, 0.2) is 30.5 Å². The number of benzene rings is 2. The van der Waals surface area contributed by atoms with Crippen molar-refractivity contribution in [2.45, 2.75) is 68.9 Å². The maximum absolute atomic E-state index is 16.9. The molecule has 8 nitrogen and oxygen atoms in total. The Hall–Kier alpha value is -3.77. The van der Waals surface area contributed by atoms with Crippen molar-refractivity contribution in [3.63, 3.8) is 0 Å². The number of aryl methyl sites for hydroxylation is 1. The SMILES string of the molecule is CCc1c(F)ccc2cc(O)cc(-c3ncc4c(N5CCC6(CCO6)C5)nc(OC[C@@]56CCCN5C[C@@]5(CC5(F)F)C6)nc4c3F)c12. The third-order valence-corrected chi connectivity index (χ3v) is 11.6. The van der Waals surface area contributed by atoms with Crippen molar-refractivity contribution in [3.05, 3.63) is 47.7 Å². The van der Waals surface area contributed by atoms with E-state index in [1.165, 1.54) is 24.4 Å². The van der Waals surface area contributed by atoms with Crippen LogP contribution in [0.1, 0.15) is 51.0 Å². The van der Waals surface area contributed by atoms with Crippen LogP contribution in [-0.4, -0.2) is 81.4 Å². The Morgan fingerprint density at radius 1 is 1.04 bits per heavy atom. The van der Waals surface area contributed by atoms with Gasteiger partial charge in [0.05, 0.1) is 28.5 Å². The molecular weight excluding hydrogens is 614 g/mol.